The first-order valence-electron chi connectivity index (χ1n) is 11.5. The summed E-state index contributed by atoms with van der Waals surface area (Å²) in [6.45, 7) is 0.912. The number of nitrogens with one attached hydrogen (secondary N) is 2. The number of nitrogens with zero attached hydrogens (tertiary/aromatic N) is 3. The van der Waals surface area contributed by atoms with E-state index in [0.717, 1.165) is 30.9 Å². The molecule has 0 aliphatic carbocycles. The fourth-order valence-electron chi connectivity index (χ4n) is 3.62. The third-order valence-corrected chi connectivity index (χ3v) is 5.71. The normalized spacial score (nSPS) is 14.6. The number of halogens is 1. The second kappa shape index (κ2) is 12.2. The van der Waals surface area contributed by atoms with Gasteiger partial charge in [-0.3, -0.25) is 4.79 Å². The summed E-state index contributed by atoms with van der Waals surface area (Å²) in [4.78, 5) is 12.8. The molecule has 34 heavy (non-hydrogen) atoms. The number of unbranched alkanes of at least 4 members (excludes halogenated alkanes) is 5. The Morgan fingerprint density at radius 1 is 1.09 bits per heavy atom. The first-order valence-corrected chi connectivity index (χ1v) is 12.0. The highest BCUT2D eigenvalue weighted by atomic mass is 35.5. The predicted molar refractivity (Wildman–Crippen MR) is 128 cm³/mol. The van der Waals surface area contributed by atoms with Gasteiger partial charge in [-0.1, -0.05) is 37.0 Å². The van der Waals surface area contributed by atoms with Crippen LogP contribution in [0.3, 0.4) is 0 Å². The number of benzene rings is 2. The molecule has 0 saturated carbocycles. The fourth-order valence-corrected chi connectivity index (χ4v) is 3.80. The number of fused-ring (bicyclic) bond motifs is 1. The van der Waals surface area contributed by atoms with Crippen LogP contribution in [0.2, 0.25) is 0 Å². The van der Waals surface area contributed by atoms with Crippen molar-refractivity contribution < 1.29 is 19.0 Å². The van der Waals surface area contributed by atoms with Crippen LogP contribution in [0.1, 0.15) is 60.8 Å². The smallest absolute Gasteiger partial charge is 0.255 e. The minimum atomic E-state index is -0.522. The number of aromatic amines is 1. The molecule has 1 aromatic heterocycles. The van der Waals surface area contributed by atoms with Crippen molar-refractivity contribution in [2.75, 3.05) is 24.4 Å². The third-order valence-electron chi connectivity index (χ3n) is 5.44. The maximum atomic E-state index is 12.8. The number of para-hydroxylation sites is 1. The summed E-state index contributed by atoms with van der Waals surface area (Å²) in [5, 5.41) is 16.8. The summed E-state index contributed by atoms with van der Waals surface area (Å²) in [5.74, 6) is 2.58. The van der Waals surface area contributed by atoms with Crippen LogP contribution in [0.4, 0.5) is 5.69 Å². The number of aromatic nitrogens is 4. The van der Waals surface area contributed by atoms with Gasteiger partial charge in [-0.05, 0) is 49.2 Å². The molecule has 1 unspecified atom stereocenters. The van der Waals surface area contributed by atoms with E-state index in [1.54, 1.807) is 30.3 Å². The zero-order chi connectivity index (χ0) is 23.6. The van der Waals surface area contributed by atoms with Crippen LogP contribution in [0.15, 0.2) is 42.5 Å². The molecule has 180 valence electrons. The predicted octanol–water partition coefficient (Wildman–Crippen LogP) is 4.92. The third kappa shape index (κ3) is 6.38. The molecule has 3 aromatic rings. The highest BCUT2D eigenvalue weighted by molar-refractivity contribution is 6.17. The van der Waals surface area contributed by atoms with Gasteiger partial charge in [0.1, 0.15) is 12.4 Å². The maximum Gasteiger partial charge on any atom is 0.255 e. The van der Waals surface area contributed by atoms with Gasteiger partial charge in [-0.2, -0.15) is 5.21 Å². The average Bonchev–Trinajstić information content (AvgIpc) is 3.41. The van der Waals surface area contributed by atoms with E-state index in [1.807, 2.05) is 12.1 Å². The Hall–Kier alpha value is -3.33. The molecule has 1 atom stereocenters. The number of alkyl halides is 1. The highest BCUT2D eigenvalue weighted by Crippen LogP contribution is 2.41. The molecule has 2 N–H and O–H groups in total. The SMILES string of the molecule is O=C(Nc1cccc2c1OC(c1nn[nH]n1)CO2)c1ccc(OCCCCCCCCCl)cc1. The van der Waals surface area contributed by atoms with Crippen molar-refractivity contribution in [3.05, 3.63) is 53.9 Å². The van der Waals surface area contributed by atoms with E-state index >= 15 is 0 Å². The molecule has 0 radical (unpaired) electrons. The molecule has 2 heterocycles. The molecular weight excluding hydrogens is 458 g/mol. The van der Waals surface area contributed by atoms with Crippen LogP contribution in [0, 0.1) is 0 Å². The Kier molecular flexibility index (Phi) is 8.56. The van der Waals surface area contributed by atoms with Crippen LogP contribution in [-0.4, -0.2) is 45.6 Å². The van der Waals surface area contributed by atoms with Crippen molar-refractivity contribution in [1.82, 2.24) is 20.6 Å². The second-order valence-electron chi connectivity index (χ2n) is 7.96. The summed E-state index contributed by atoms with van der Waals surface area (Å²) >= 11 is 5.69. The number of hydrogen-bond acceptors (Lipinski definition) is 7. The second-order valence-corrected chi connectivity index (χ2v) is 8.34. The molecule has 0 spiro atoms. The molecule has 1 amide bonds. The molecule has 0 fully saturated rings. The van der Waals surface area contributed by atoms with Gasteiger partial charge in [0.05, 0.1) is 12.3 Å². The number of ether oxygens (including phenoxy) is 3. The number of tetrazole rings is 1. The first-order chi connectivity index (χ1) is 16.7. The van der Waals surface area contributed by atoms with Crippen molar-refractivity contribution in [2.45, 2.75) is 44.6 Å². The fraction of sp³-hybridized carbons (Fsp3) is 0.417. The number of anilines is 1. The lowest BCUT2D eigenvalue weighted by Gasteiger charge is -2.26. The van der Waals surface area contributed by atoms with Crippen LogP contribution in [-0.2, 0) is 0 Å². The molecule has 4 rings (SSSR count). The molecule has 0 saturated heterocycles. The van der Waals surface area contributed by atoms with E-state index in [-0.39, 0.29) is 12.5 Å². The zero-order valence-corrected chi connectivity index (χ0v) is 19.6. The number of rotatable bonds is 12. The van der Waals surface area contributed by atoms with Gasteiger partial charge in [0, 0.05) is 11.4 Å². The van der Waals surface area contributed by atoms with Crippen LogP contribution < -0.4 is 19.5 Å². The van der Waals surface area contributed by atoms with E-state index in [0.29, 0.717) is 35.2 Å². The quantitative estimate of drug-likeness (QED) is 0.276. The molecule has 1 aliphatic heterocycles. The van der Waals surface area contributed by atoms with Crippen molar-refractivity contribution in [3.8, 4) is 17.2 Å². The average molecular weight is 486 g/mol. The summed E-state index contributed by atoms with van der Waals surface area (Å²) in [5.41, 5.74) is 1.01. The molecule has 2 aromatic carbocycles. The molecule has 1 aliphatic rings. The first kappa shape index (κ1) is 23.8. The summed E-state index contributed by atoms with van der Waals surface area (Å²) in [6.07, 6.45) is 6.33. The zero-order valence-electron chi connectivity index (χ0n) is 18.8. The topological polar surface area (TPSA) is 111 Å². The Bertz CT molecular complexity index is 1050. The number of amides is 1. The van der Waals surface area contributed by atoms with Crippen molar-refractivity contribution >= 4 is 23.2 Å². The van der Waals surface area contributed by atoms with Crippen molar-refractivity contribution in [2.24, 2.45) is 0 Å². The van der Waals surface area contributed by atoms with E-state index < -0.39 is 6.10 Å². The Balaban J connectivity index is 1.28. The van der Waals surface area contributed by atoms with Gasteiger partial charge in [0.15, 0.2) is 17.6 Å². The Labute approximate surface area is 203 Å². The number of H-pyrrole nitrogens is 1. The number of carbonyl (C=O) groups excluding carboxylic acids is 1. The molecular formula is C24H28ClN5O4. The maximum absolute atomic E-state index is 12.8. The van der Waals surface area contributed by atoms with Crippen LogP contribution >= 0.6 is 11.6 Å². The van der Waals surface area contributed by atoms with Crippen LogP contribution in [0.25, 0.3) is 0 Å². The van der Waals surface area contributed by atoms with Gasteiger partial charge >= 0.3 is 0 Å². The van der Waals surface area contributed by atoms with Crippen LogP contribution in [0.5, 0.6) is 17.2 Å². The highest BCUT2D eigenvalue weighted by Gasteiger charge is 2.28. The van der Waals surface area contributed by atoms with Gasteiger partial charge < -0.3 is 19.5 Å². The van der Waals surface area contributed by atoms with Gasteiger partial charge in [0.2, 0.25) is 5.82 Å². The van der Waals surface area contributed by atoms with E-state index in [9.17, 15) is 4.79 Å². The van der Waals surface area contributed by atoms with Gasteiger partial charge in [-0.15, -0.1) is 21.8 Å². The lowest BCUT2D eigenvalue weighted by Crippen LogP contribution is -2.24. The Morgan fingerprint density at radius 3 is 2.65 bits per heavy atom. The molecule has 10 heteroatoms. The molecule has 9 nitrogen and oxygen atoms in total. The van der Waals surface area contributed by atoms with Gasteiger partial charge in [-0.25, -0.2) is 0 Å². The van der Waals surface area contributed by atoms with E-state index in [2.05, 4.69) is 25.9 Å². The molecule has 0 bridgehead atoms. The minimum absolute atomic E-state index is 0.249. The monoisotopic (exact) mass is 485 g/mol. The summed E-state index contributed by atoms with van der Waals surface area (Å²) in [7, 11) is 0. The van der Waals surface area contributed by atoms with Crippen molar-refractivity contribution in [1.29, 1.82) is 0 Å². The van der Waals surface area contributed by atoms with E-state index in [1.165, 1.54) is 19.3 Å². The summed E-state index contributed by atoms with van der Waals surface area (Å²) < 4.78 is 17.6. The lowest BCUT2D eigenvalue weighted by molar-refractivity contribution is 0.0856. The Morgan fingerprint density at radius 2 is 1.88 bits per heavy atom. The number of carbonyl (C=O) groups is 1. The summed E-state index contributed by atoms with van der Waals surface area (Å²) in [6, 6.07) is 12.4. The number of hydrogen-bond donors (Lipinski definition) is 2. The van der Waals surface area contributed by atoms with E-state index in [4.69, 9.17) is 25.8 Å². The minimum Gasteiger partial charge on any atom is -0.494 e. The van der Waals surface area contributed by atoms with Gasteiger partial charge in [0.25, 0.3) is 5.91 Å². The standard InChI is InChI=1S/C24H28ClN5O4/c25-14-5-3-1-2-4-6-15-32-18-12-10-17(11-13-18)24(31)26-19-8-7-9-20-22(19)34-21(16-33-20)23-27-29-30-28-23/h7-13,21H,1-6,14-16H2,(H,26,31)(H,27,28,29,30). The largest absolute Gasteiger partial charge is 0.494 e. The van der Waals surface area contributed by atoms with Crippen molar-refractivity contribution in [3.63, 3.8) is 0 Å². The lowest BCUT2D eigenvalue weighted by atomic mass is 10.1.